The lowest BCUT2D eigenvalue weighted by molar-refractivity contribution is 0.414. The fourth-order valence-electron chi connectivity index (χ4n) is 0.772. The van der Waals surface area contributed by atoms with Crippen molar-refractivity contribution in [1.29, 1.82) is 10.5 Å². The Kier molecular flexibility index (Phi) is 3.34. The average Bonchev–Trinajstić information content (AvgIpc) is 1.84. The number of nitriles is 2. The first-order valence-corrected chi connectivity index (χ1v) is 3.48. The van der Waals surface area contributed by atoms with E-state index in [9.17, 15) is 0 Å². The Hall–Kier alpha value is -1.28. The molecule has 0 unspecified atom stereocenters. The van der Waals surface area contributed by atoms with E-state index in [0.717, 1.165) is 0 Å². The highest BCUT2D eigenvalue weighted by Crippen LogP contribution is 2.23. The van der Waals surface area contributed by atoms with Gasteiger partial charge in [-0.2, -0.15) is 10.5 Å². The quantitative estimate of drug-likeness (QED) is 0.536. The highest BCUT2D eigenvalue weighted by molar-refractivity contribution is 5.27. The summed E-state index contributed by atoms with van der Waals surface area (Å²) in [6, 6.07) is 3.85. The standard InChI is InChI=1S/C9H12N2/c1-9(2,3)6-8(7-11)4-5-10/h4H,6H2,1-3H3. The lowest BCUT2D eigenvalue weighted by Gasteiger charge is -2.16. The first-order valence-electron chi connectivity index (χ1n) is 3.48. The molecule has 0 amide bonds. The molecule has 0 heterocycles. The summed E-state index contributed by atoms with van der Waals surface area (Å²) in [6.07, 6.45) is 1.97. The van der Waals surface area contributed by atoms with Crippen LogP contribution in [0.25, 0.3) is 0 Å². The van der Waals surface area contributed by atoms with Gasteiger partial charge in [-0.3, -0.25) is 0 Å². The lowest BCUT2D eigenvalue weighted by atomic mass is 9.88. The van der Waals surface area contributed by atoms with Crippen molar-refractivity contribution in [1.82, 2.24) is 0 Å². The van der Waals surface area contributed by atoms with E-state index in [1.807, 2.05) is 32.9 Å². The fourth-order valence-corrected chi connectivity index (χ4v) is 0.772. The van der Waals surface area contributed by atoms with Gasteiger partial charge in [-0.05, 0) is 11.8 Å². The van der Waals surface area contributed by atoms with Crippen molar-refractivity contribution in [3.05, 3.63) is 11.6 Å². The van der Waals surface area contributed by atoms with Gasteiger partial charge in [0.05, 0.1) is 12.1 Å². The summed E-state index contributed by atoms with van der Waals surface area (Å²) in [4.78, 5) is 0. The van der Waals surface area contributed by atoms with Crippen LogP contribution < -0.4 is 0 Å². The predicted octanol–water partition coefficient (Wildman–Crippen LogP) is 2.40. The van der Waals surface area contributed by atoms with Crippen molar-refractivity contribution in [2.75, 3.05) is 0 Å². The maximum atomic E-state index is 8.55. The van der Waals surface area contributed by atoms with Crippen LogP contribution in [0.5, 0.6) is 0 Å². The normalized spacial score (nSPS) is 11.9. The van der Waals surface area contributed by atoms with Crippen LogP contribution in [0.4, 0.5) is 0 Å². The van der Waals surface area contributed by atoms with Gasteiger partial charge in [0.1, 0.15) is 0 Å². The summed E-state index contributed by atoms with van der Waals surface area (Å²) < 4.78 is 0. The van der Waals surface area contributed by atoms with Gasteiger partial charge in [0.15, 0.2) is 0 Å². The van der Waals surface area contributed by atoms with Crippen LogP contribution in [0, 0.1) is 28.1 Å². The molecular weight excluding hydrogens is 136 g/mol. The molecule has 0 aromatic carbocycles. The zero-order valence-electron chi connectivity index (χ0n) is 7.18. The van der Waals surface area contributed by atoms with Gasteiger partial charge in [-0.15, -0.1) is 0 Å². The highest BCUT2D eigenvalue weighted by Gasteiger charge is 2.12. The molecule has 0 saturated carbocycles. The molecule has 2 heteroatoms. The van der Waals surface area contributed by atoms with Gasteiger partial charge in [0.2, 0.25) is 0 Å². The molecule has 0 aliphatic carbocycles. The van der Waals surface area contributed by atoms with Crippen LogP contribution in [0.3, 0.4) is 0 Å². The summed E-state index contributed by atoms with van der Waals surface area (Å²) in [7, 11) is 0. The van der Waals surface area contributed by atoms with E-state index in [4.69, 9.17) is 10.5 Å². The Balaban J connectivity index is 4.28. The fraction of sp³-hybridized carbons (Fsp3) is 0.556. The molecule has 0 aromatic rings. The van der Waals surface area contributed by atoms with E-state index in [2.05, 4.69) is 0 Å². The van der Waals surface area contributed by atoms with Crippen molar-refractivity contribution in [3.63, 3.8) is 0 Å². The number of rotatable bonds is 1. The average molecular weight is 148 g/mol. The molecule has 0 saturated heterocycles. The lowest BCUT2D eigenvalue weighted by Crippen LogP contribution is -2.05. The molecule has 0 fully saturated rings. The Bertz CT molecular complexity index is 230. The summed E-state index contributed by atoms with van der Waals surface area (Å²) in [5.74, 6) is 0. The van der Waals surface area contributed by atoms with Crippen molar-refractivity contribution >= 4 is 0 Å². The van der Waals surface area contributed by atoms with Gasteiger partial charge in [-0.1, -0.05) is 20.8 Å². The first-order chi connectivity index (χ1) is 4.99. The Morgan fingerprint density at radius 2 is 1.91 bits per heavy atom. The third-order valence-electron chi connectivity index (χ3n) is 1.10. The van der Waals surface area contributed by atoms with Crippen LogP contribution in [0.15, 0.2) is 11.6 Å². The van der Waals surface area contributed by atoms with Gasteiger partial charge < -0.3 is 0 Å². The number of hydrogen-bond donors (Lipinski definition) is 0. The number of nitrogens with zero attached hydrogens (tertiary/aromatic N) is 2. The van der Waals surface area contributed by atoms with E-state index in [0.29, 0.717) is 12.0 Å². The van der Waals surface area contributed by atoms with Crippen LogP contribution in [-0.4, -0.2) is 0 Å². The molecule has 11 heavy (non-hydrogen) atoms. The van der Waals surface area contributed by atoms with E-state index in [1.54, 1.807) is 0 Å². The van der Waals surface area contributed by atoms with Crippen LogP contribution in [0.2, 0.25) is 0 Å². The SMILES string of the molecule is CC(C)(C)CC(C#N)=CC#N. The Morgan fingerprint density at radius 3 is 2.18 bits per heavy atom. The van der Waals surface area contributed by atoms with Crippen molar-refractivity contribution in [3.8, 4) is 12.1 Å². The maximum Gasteiger partial charge on any atom is 0.0954 e. The second-order valence-corrected chi connectivity index (χ2v) is 3.65. The first kappa shape index (κ1) is 9.72. The summed E-state index contributed by atoms with van der Waals surface area (Å²) >= 11 is 0. The summed E-state index contributed by atoms with van der Waals surface area (Å²) in [5, 5.41) is 16.8. The molecule has 0 rings (SSSR count). The van der Waals surface area contributed by atoms with Crippen molar-refractivity contribution < 1.29 is 0 Å². The second-order valence-electron chi connectivity index (χ2n) is 3.65. The van der Waals surface area contributed by atoms with E-state index < -0.39 is 0 Å². The van der Waals surface area contributed by atoms with Gasteiger partial charge >= 0.3 is 0 Å². The zero-order chi connectivity index (χ0) is 8.91. The molecule has 0 bridgehead atoms. The minimum atomic E-state index is 0.0818. The molecule has 58 valence electrons. The summed E-state index contributed by atoms with van der Waals surface area (Å²) in [5.41, 5.74) is 0.637. The topological polar surface area (TPSA) is 47.6 Å². The number of hydrogen-bond acceptors (Lipinski definition) is 2. The van der Waals surface area contributed by atoms with Crippen LogP contribution in [0.1, 0.15) is 27.2 Å². The zero-order valence-corrected chi connectivity index (χ0v) is 7.18. The summed E-state index contributed by atoms with van der Waals surface area (Å²) in [6.45, 7) is 6.11. The number of allylic oxidation sites excluding steroid dienone is 2. The van der Waals surface area contributed by atoms with E-state index in [1.165, 1.54) is 6.08 Å². The van der Waals surface area contributed by atoms with E-state index in [-0.39, 0.29) is 5.41 Å². The minimum Gasteiger partial charge on any atom is -0.193 e. The molecule has 2 nitrogen and oxygen atoms in total. The molecule has 0 N–H and O–H groups in total. The molecule has 0 aliphatic heterocycles. The van der Waals surface area contributed by atoms with Gasteiger partial charge in [0.25, 0.3) is 0 Å². The third kappa shape index (κ3) is 5.18. The Labute approximate surface area is 67.8 Å². The minimum absolute atomic E-state index is 0.0818. The maximum absolute atomic E-state index is 8.55. The molecular formula is C9H12N2. The monoisotopic (exact) mass is 148 g/mol. The van der Waals surface area contributed by atoms with Crippen molar-refractivity contribution in [2.24, 2.45) is 5.41 Å². The molecule has 0 atom stereocenters. The highest BCUT2D eigenvalue weighted by atomic mass is 14.3. The predicted molar refractivity (Wildman–Crippen MR) is 43.4 cm³/mol. The smallest absolute Gasteiger partial charge is 0.0954 e. The van der Waals surface area contributed by atoms with Crippen molar-refractivity contribution in [2.45, 2.75) is 27.2 Å². The second kappa shape index (κ2) is 3.78. The van der Waals surface area contributed by atoms with Gasteiger partial charge in [0, 0.05) is 11.6 Å². The Morgan fingerprint density at radius 1 is 1.36 bits per heavy atom. The largest absolute Gasteiger partial charge is 0.193 e. The molecule has 0 spiro atoms. The van der Waals surface area contributed by atoms with E-state index >= 15 is 0 Å². The molecule has 0 aromatic heterocycles. The third-order valence-corrected chi connectivity index (χ3v) is 1.10. The van der Waals surface area contributed by atoms with Crippen LogP contribution >= 0.6 is 0 Å². The molecule has 0 radical (unpaired) electrons. The van der Waals surface area contributed by atoms with Crippen LogP contribution in [-0.2, 0) is 0 Å². The molecule has 0 aliphatic rings. The van der Waals surface area contributed by atoms with Gasteiger partial charge in [-0.25, -0.2) is 0 Å².